The van der Waals surface area contributed by atoms with Gasteiger partial charge >= 0.3 is 0 Å². The molecule has 0 aliphatic heterocycles. The largest absolute Gasteiger partial charge is 0.325 e. The first kappa shape index (κ1) is 9.21. The molecular formula is C13H23N. The second-order valence-corrected chi connectivity index (χ2v) is 6.11. The van der Waals surface area contributed by atoms with E-state index in [0.717, 1.165) is 17.8 Å². The molecule has 0 bridgehead atoms. The number of hydrogen-bond donors (Lipinski definition) is 1. The Bertz CT molecular complexity index is 219. The maximum Gasteiger partial charge on any atom is 0.0155 e. The Morgan fingerprint density at radius 2 is 1.93 bits per heavy atom. The smallest absolute Gasteiger partial charge is 0.0155 e. The summed E-state index contributed by atoms with van der Waals surface area (Å²) in [5.74, 6) is 3.31. The standard InChI is InChI=1S/C13H23N/c14-13(7-8-13)6-5-11-9-10-3-1-2-4-12(10)11/h10-12H,1-9,14H2. The fraction of sp³-hybridized carbons (Fsp3) is 1.00. The Kier molecular flexibility index (Phi) is 2.12. The summed E-state index contributed by atoms with van der Waals surface area (Å²) in [5, 5.41) is 0. The zero-order valence-corrected chi connectivity index (χ0v) is 9.17. The Morgan fingerprint density at radius 1 is 1.14 bits per heavy atom. The lowest BCUT2D eigenvalue weighted by Crippen LogP contribution is -2.39. The van der Waals surface area contributed by atoms with Crippen LogP contribution >= 0.6 is 0 Å². The van der Waals surface area contributed by atoms with E-state index < -0.39 is 0 Å². The van der Waals surface area contributed by atoms with Crippen molar-refractivity contribution < 1.29 is 0 Å². The third kappa shape index (κ3) is 1.60. The number of rotatable bonds is 3. The molecule has 0 amide bonds. The summed E-state index contributed by atoms with van der Waals surface area (Å²) in [5.41, 5.74) is 6.45. The molecular weight excluding hydrogens is 170 g/mol. The zero-order valence-electron chi connectivity index (χ0n) is 9.17. The molecule has 0 aromatic heterocycles. The highest BCUT2D eigenvalue weighted by molar-refractivity contribution is 5.00. The van der Waals surface area contributed by atoms with Gasteiger partial charge in [0.2, 0.25) is 0 Å². The predicted molar refractivity (Wildman–Crippen MR) is 58.9 cm³/mol. The maximum atomic E-state index is 6.14. The highest BCUT2D eigenvalue weighted by Gasteiger charge is 2.44. The molecule has 3 saturated carbocycles. The van der Waals surface area contributed by atoms with E-state index in [2.05, 4.69) is 0 Å². The molecule has 1 heteroatoms. The lowest BCUT2D eigenvalue weighted by Gasteiger charge is -2.48. The minimum Gasteiger partial charge on any atom is -0.325 e. The van der Waals surface area contributed by atoms with E-state index in [9.17, 15) is 0 Å². The third-order valence-electron chi connectivity index (χ3n) is 5.08. The van der Waals surface area contributed by atoms with Gasteiger partial charge in [-0.1, -0.05) is 19.3 Å². The van der Waals surface area contributed by atoms with E-state index in [1.165, 1.54) is 51.4 Å². The average Bonchev–Trinajstić information content (AvgIpc) is 2.86. The van der Waals surface area contributed by atoms with E-state index in [1.807, 2.05) is 0 Å². The van der Waals surface area contributed by atoms with Crippen LogP contribution in [0.5, 0.6) is 0 Å². The maximum absolute atomic E-state index is 6.14. The van der Waals surface area contributed by atoms with Crippen molar-refractivity contribution in [2.45, 2.75) is 63.3 Å². The monoisotopic (exact) mass is 193 g/mol. The van der Waals surface area contributed by atoms with Crippen LogP contribution in [0.4, 0.5) is 0 Å². The first-order valence-electron chi connectivity index (χ1n) is 6.56. The topological polar surface area (TPSA) is 26.0 Å². The van der Waals surface area contributed by atoms with Crippen LogP contribution in [-0.2, 0) is 0 Å². The Labute approximate surface area is 87.4 Å². The van der Waals surface area contributed by atoms with Crippen molar-refractivity contribution in [3.8, 4) is 0 Å². The molecule has 3 rings (SSSR count). The van der Waals surface area contributed by atoms with Crippen molar-refractivity contribution in [2.75, 3.05) is 0 Å². The van der Waals surface area contributed by atoms with Crippen molar-refractivity contribution in [1.82, 2.24) is 0 Å². The lowest BCUT2D eigenvalue weighted by atomic mass is 9.57. The predicted octanol–water partition coefficient (Wildman–Crippen LogP) is 3.08. The average molecular weight is 193 g/mol. The van der Waals surface area contributed by atoms with Gasteiger partial charge in [0.25, 0.3) is 0 Å². The molecule has 0 heterocycles. The van der Waals surface area contributed by atoms with E-state index in [1.54, 1.807) is 6.42 Å². The lowest BCUT2D eigenvalue weighted by molar-refractivity contribution is 0.0214. The summed E-state index contributed by atoms with van der Waals surface area (Å²) >= 11 is 0. The van der Waals surface area contributed by atoms with Crippen molar-refractivity contribution >= 4 is 0 Å². The van der Waals surface area contributed by atoms with E-state index >= 15 is 0 Å². The SMILES string of the molecule is NC1(CCC2CC3CCCCC32)CC1. The number of hydrogen-bond acceptors (Lipinski definition) is 1. The highest BCUT2D eigenvalue weighted by Crippen LogP contribution is 2.52. The van der Waals surface area contributed by atoms with Gasteiger partial charge in [0.15, 0.2) is 0 Å². The summed E-state index contributed by atoms with van der Waals surface area (Å²) in [6.07, 6.45) is 13.0. The zero-order chi connectivity index (χ0) is 9.60. The van der Waals surface area contributed by atoms with Gasteiger partial charge in [0.05, 0.1) is 0 Å². The number of fused-ring (bicyclic) bond motifs is 1. The van der Waals surface area contributed by atoms with Crippen molar-refractivity contribution in [3.63, 3.8) is 0 Å². The van der Waals surface area contributed by atoms with Crippen LogP contribution in [0.3, 0.4) is 0 Å². The molecule has 0 spiro atoms. The fourth-order valence-electron chi connectivity index (χ4n) is 3.73. The molecule has 0 aromatic carbocycles. The van der Waals surface area contributed by atoms with Crippen LogP contribution in [0.25, 0.3) is 0 Å². The van der Waals surface area contributed by atoms with Crippen LogP contribution in [0.2, 0.25) is 0 Å². The minimum absolute atomic E-state index is 0.305. The Balaban J connectivity index is 1.46. The molecule has 3 aliphatic carbocycles. The second-order valence-electron chi connectivity index (χ2n) is 6.11. The molecule has 3 aliphatic rings. The highest BCUT2D eigenvalue weighted by atomic mass is 14.8. The third-order valence-corrected chi connectivity index (χ3v) is 5.08. The molecule has 3 atom stereocenters. The van der Waals surface area contributed by atoms with Crippen LogP contribution in [0, 0.1) is 17.8 Å². The van der Waals surface area contributed by atoms with Crippen LogP contribution < -0.4 is 5.73 Å². The van der Waals surface area contributed by atoms with E-state index in [-0.39, 0.29) is 0 Å². The molecule has 1 nitrogen and oxygen atoms in total. The fourth-order valence-corrected chi connectivity index (χ4v) is 3.73. The molecule has 0 radical (unpaired) electrons. The van der Waals surface area contributed by atoms with Gasteiger partial charge in [0.1, 0.15) is 0 Å². The first-order chi connectivity index (χ1) is 6.77. The van der Waals surface area contributed by atoms with Gasteiger partial charge in [-0.05, 0) is 56.3 Å². The Hall–Kier alpha value is -0.0400. The van der Waals surface area contributed by atoms with Gasteiger partial charge in [-0.2, -0.15) is 0 Å². The molecule has 80 valence electrons. The van der Waals surface area contributed by atoms with Gasteiger partial charge < -0.3 is 5.73 Å². The first-order valence-corrected chi connectivity index (χ1v) is 6.56. The molecule has 0 saturated heterocycles. The summed E-state index contributed by atoms with van der Waals surface area (Å²) in [7, 11) is 0. The quantitative estimate of drug-likeness (QED) is 0.732. The summed E-state index contributed by atoms with van der Waals surface area (Å²) in [6, 6.07) is 0. The summed E-state index contributed by atoms with van der Waals surface area (Å²) in [4.78, 5) is 0. The molecule has 0 aromatic rings. The van der Waals surface area contributed by atoms with Crippen molar-refractivity contribution in [1.29, 1.82) is 0 Å². The van der Waals surface area contributed by atoms with Crippen LogP contribution in [0.15, 0.2) is 0 Å². The molecule has 3 fully saturated rings. The van der Waals surface area contributed by atoms with E-state index in [0.29, 0.717) is 5.54 Å². The summed E-state index contributed by atoms with van der Waals surface area (Å²) < 4.78 is 0. The van der Waals surface area contributed by atoms with Crippen LogP contribution in [0.1, 0.15) is 57.8 Å². The molecule has 3 unspecified atom stereocenters. The van der Waals surface area contributed by atoms with Gasteiger partial charge in [0, 0.05) is 5.54 Å². The van der Waals surface area contributed by atoms with Crippen LogP contribution in [-0.4, -0.2) is 5.54 Å². The van der Waals surface area contributed by atoms with Gasteiger partial charge in [-0.25, -0.2) is 0 Å². The van der Waals surface area contributed by atoms with Gasteiger partial charge in [-0.15, -0.1) is 0 Å². The molecule has 14 heavy (non-hydrogen) atoms. The summed E-state index contributed by atoms with van der Waals surface area (Å²) in [6.45, 7) is 0. The van der Waals surface area contributed by atoms with Gasteiger partial charge in [-0.3, -0.25) is 0 Å². The van der Waals surface area contributed by atoms with Crippen molar-refractivity contribution in [2.24, 2.45) is 23.5 Å². The Morgan fingerprint density at radius 3 is 2.64 bits per heavy atom. The minimum atomic E-state index is 0.305. The second kappa shape index (κ2) is 3.23. The number of nitrogens with two attached hydrogens (primary N) is 1. The van der Waals surface area contributed by atoms with E-state index in [4.69, 9.17) is 5.73 Å². The normalized spacial score (nSPS) is 43.9. The van der Waals surface area contributed by atoms with Crippen molar-refractivity contribution in [3.05, 3.63) is 0 Å². The molecule has 2 N–H and O–H groups in total.